The van der Waals surface area contributed by atoms with Crippen molar-refractivity contribution in [2.24, 2.45) is 0 Å². The zero-order chi connectivity index (χ0) is 25.1. The van der Waals surface area contributed by atoms with Crippen molar-refractivity contribution < 1.29 is 9.59 Å². The molecule has 4 aromatic rings. The highest BCUT2D eigenvalue weighted by Gasteiger charge is 2.29. The maximum atomic E-state index is 13.0. The molecule has 4 heterocycles. The monoisotopic (exact) mass is 500 g/mol. The lowest BCUT2D eigenvalue weighted by atomic mass is 10.1. The van der Waals surface area contributed by atoms with E-state index in [1.54, 1.807) is 31.4 Å². The predicted molar refractivity (Wildman–Crippen MR) is 142 cm³/mol. The zero-order valence-corrected chi connectivity index (χ0v) is 21.1. The molecule has 1 aliphatic rings. The largest absolute Gasteiger partial charge is 0.363 e. The molecule has 5 rings (SSSR count). The van der Waals surface area contributed by atoms with Gasteiger partial charge in [0.25, 0.3) is 11.8 Å². The molecule has 1 aliphatic heterocycles. The van der Waals surface area contributed by atoms with Crippen LogP contribution >= 0.6 is 11.3 Å². The van der Waals surface area contributed by atoms with E-state index in [2.05, 4.69) is 15.2 Å². The number of benzene rings is 1. The topological polar surface area (TPSA) is 83.4 Å². The van der Waals surface area contributed by atoms with E-state index >= 15 is 0 Å². The van der Waals surface area contributed by atoms with Crippen molar-refractivity contribution in [2.45, 2.75) is 25.4 Å². The van der Waals surface area contributed by atoms with E-state index in [9.17, 15) is 9.59 Å². The summed E-state index contributed by atoms with van der Waals surface area (Å²) in [5.41, 5.74) is 4.35. The van der Waals surface area contributed by atoms with E-state index in [0.29, 0.717) is 22.9 Å². The van der Waals surface area contributed by atoms with Gasteiger partial charge in [0.05, 0.1) is 11.7 Å². The SMILES string of the molecule is CN(C)C(=O)c1ccc(N2CCC[C@@H]2c2csc(NC(=O)c3cccn3Cc3ccncc3)n2)cc1. The van der Waals surface area contributed by atoms with Crippen LogP contribution in [0.3, 0.4) is 0 Å². The molecule has 0 saturated carbocycles. The maximum absolute atomic E-state index is 13.0. The van der Waals surface area contributed by atoms with Crippen LogP contribution in [0.2, 0.25) is 0 Å². The van der Waals surface area contributed by atoms with Crippen molar-refractivity contribution in [1.29, 1.82) is 0 Å². The number of amides is 2. The second-order valence-corrected chi connectivity index (χ2v) is 9.86. The number of thiazole rings is 1. The van der Waals surface area contributed by atoms with Crippen LogP contribution in [-0.4, -0.2) is 51.9 Å². The van der Waals surface area contributed by atoms with Crippen LogP contribution in [-0.2, 0) is 6.54 Å². The predicted octanol–water partition coefficient (Wildman–Crippen LogP) is 4.68. The average molecular weight is 501 g/mol. The van der Waals surface area contributed by atoms with Gasteiger partial charge in [-0.05, 0) is 66.9 Å². The van der Waals surface area contributed by atoms with Crippen LogP contribution in [0.1, 0.15) is 51.0 Å². The number of rotatable bonds is 7. The minimum atomic E-state index is -0.181. The van der Waals surface area contributed by atoms with Crippen LogP contribution in [0.4, 0.5) is 10.8 Å². The molecule has 0 aliphatic carbocycles. The molecule has 1 atom stereocenters. The van der Waals surface area contributed by atoms with Gasteiger partial charge in [0.1, 0.15) is 5.69 Å². The molecule has 3 aromatic heterocycles. The summed E-state index contributed by atoms with van der Waals surface area (Å²) >= 11 is 1.44. The van der Waals surface area contributed by atoms with Gasteiger partial charge in [0.15, 0.2) is 5.13 Å². The number of carbonyl (C=O) groups is 2. The van der Waals surface area contributed by atoms with Crippen LogP contribution in [0.5, 0.6) is 0 Å². The minimum Gasteiger partial charge on any atom is -0.363 e. The Balaban J connectivity index is 1.27. The number of nitrogens with one attached hydrogen (secondary N) is 1. The molecule has 2 amide bonds. The highest BCUT2D eigenvalue weighted by Crippen LogP contribution is 2.37. The fourth-order valence-corrected chi connectivity index (χ4v) is 5.29. The number of aromatic nitrogens is 3. The number of anilines is 2. The first-order valence-electron chi connectivity index (χ1n) is 11.9. The number of nitrogens with zero attached hydrogens (tertiary/aromatic N) is 5. The summed E-state index contributed by atoms with van der Waals surface area (Å²) in [7, 11) is 3.51. The lowest BCUT2D eigenvalue weighted by molar-refractivity contribution is 0.0827. The number of carbonyl (C=O) groups excluding carboxylic acids is 2. The first kappa shape index (κ1) is 23.7. The summed E-state index contributed by atoms with van der Waals surface area (Å²) < 4.78 is 1.92. The second-order valence-electron chi connectivity index (χ2n) is 9.01. The molecule has 0 unspecified atom stereocenters. The van der Waals surface area contributed by atoms with Gasteiger partial charge in [-0.15, -0.1) is 11.3 Å². The fraction of sp³-hybridized carbons (Fsp3) is 0.259. The molecule has 1 saturated heterocycles. The molecule has 1 aromatic carbocycles. The fourth-order valence-electron chi connectivity index (χ4n) is 4.54. The Hall–Kier alpha value is -3.98. The van der Waals surface area contributed by atoms with Crippen molar-refractivity contribution in [3.05, 3.63) is 95.0 Å². The summed E-state index contributed by atoms with van der Waals surface area (Å²) in [5, 5.41) is 5.59. The quantitative estimate of drug-likeness (QED) is 0.398. The van der Waals surface area contributed by atoms with Crippen molar-refractivity contribution in [3.63, 3.8) is 0 Å². The highest BCUT2D eigenvalue weighted by atomic mass is 32.1. The van der Waals surface area contributed by atoms with E-state index in [-0.39, 0.29) is 17.9 Å². The highest BCUT2D eigenvalue weighted by molar-refractivity contribution is 7.14. The Labute approximate surface area is 214 Å². The van der Waals surface area contributed by atoms with Gasteiger partial charge in [-0.1, -0.05) is 0 Å². The Morgan fingerprint density at radius 1 is 1.11 bits per heavy atom. The minimum absolute atomic E-state index is 0.00803. The van der Waals surface area contributed by atoms with Gasteiger partial charge >= 0.3 is 0 Å². The van der Waals surface area contributed by atoms with Crippen LogP contribution in [0.25, 0.3) is 0 Å². The molecule has 36 heavy (non-hydrogen) atoms. The lowest BCUT2D eigenvalue weighted by Crippen LogP contribution is -2.24. The van der Waals surface area contributed by atoms with E-state index in [0.717, 1.165) is 36.3 Å². The van der Waals surface area contributed by atoms with Gasteiger partial charge in [-0.3, -0.25) is 19.9 Å². The Kier molecular flexibility index (Phi) is 6.81. The van der Waals surface area contributed by atoms with Gasteiger partial charge < -0.3 is 14.4 Å². The Bertz CT molecular complexity index is 1350. The molecule has 0 radical (unpaired) electrons. The molecule has 8 nitrogen and oxygen atoms in total. The van der Waals surface area contributed by atoms with Crippen LogP contribution < -0.4 is 10.2 Å². The van der Waals surface area contributed by atoms with Crippen LogP contribution in [0.15, 0.2) is 72.5 Å². The lowest BCUT2D eigenvalue weighted by Gasteiger charge is -2.26. The molecular weight excluding hydrogens is 472 g/mol. The van der Waals surface area contributed by atoms with Crippen molar-refractivity contribution >= 4 is 34.0 Å². The maximum Gasteiger partial charge on any atom is 0.274 e. The van der Waals surface area contributed by atoms with E-state index in [4.69, 9.17) is 4.98 Å². The van der Waals surface area contributed by atoms with Crippen molar-refractivity contribution in [2.75, 3.05) is 30.9 Å². The first-order valence-corrected chi connectivity index (χ1v) is 12.8. The van der Waals surface area contributed by atoms with E-state index in [1.807, 2.05) is 64.7 Å². The van der Waals surface area contributed by atoms with Gasteiger partial charge in [-0.25, -0.2) is 4.98 Å². The normalized spacial score (nSPS) is 15.2. The number of pyridine rings is 1. The van der Waals surface area contributed by atoms with Gasteiger partial charge in [0, 0.05) is 62.4 Å². The number of hydrogen-bond donors (Lipinski definition) is 1. The Morgan fingerprint density at radius 2 is 1.89 bits per heavy atom. The summed E-state index contributed by atoms with van der Waals surface area (Å²) in [5.74, 6) is -0.189. The molecule has 1 N–H and O–H groups in total. The van der Waals surface area contributed by atoms with E-state index < -0.39 is 0 Å². The zero-order valence-electron chi connectivity index (χ0n) is 20.3. The Morgan fingerprint density at radius 3 is 2.64 bits per heavy atom. The summed E-state index contributed by atoms with van der Waals surface area (Å²) in [6.07, 6.45) is 7.45. The van der Waals surface area contributed by atoms with Crippen molar-refractivity contribution in [3.8, 4) is 0 Å². The third-order valence-electron chi connectivity index (χ3n) is 6.35. The summed E-state index contributed by atoms with van der Waals surface area (Å²) in [6, 6.07) is 15.5. The van der Waals surface area contributed by atoms with Crippen molar-refractivity contribution in [1.82, 2.24) is 19.4 Å². The van der Waals surface area contributed by atoms with Crippen LogP contribution in [0, 0.1) is 0 Å². The molecule has 9 heteroatoms. The third-order valence-corrected chi connectivity index (χ3v) is 7.13. The number of hydrogen-bond acceptors (Lipinski definition) is 6. The van der Waals surface area contributed by atoms with E-state index in [1.165, 1.54) is 11.3 Å². The second kappa shape index (κ2) is 10.3. The van der Waals surface area contributed by atoms with Gasteiger partial charge in [0.2, 0.25) is 0 Å². The summed E-state index contributed by atoms with van der Waals surface area (Å²) in [4.78, 5) is 38.0. The molecule has 0 bridgehead atoms. The standard InChI is InChI=1S/C27H28N6O2S/c1-31(2)26(35)20-7-9-21(10-8-20)33-16-4-5-23(33)22-18-36-27(29-22)30-25(34)24-6-3-15-32(24)17-19-11-13-28-14-12-19/h3,6-15,18,23H,4-5,16-17H2,1-2H3,(H,29,30,34)/t23-/m1/s1. The first-order chi connectivity index (χ1) is 17.5. The third kappa shape index (κ3) is 5.01. The molecule has 1 fully saturated rings. The average Bonchev–Trinajstić information content (AvgIpc) is 3.65. The van der Waals surface area contributed by atoms with Gasteiger partial charge in [-0.2, -0.15) is 0 Å². The molecule has 184 valence electrons. The smallest absolute Gasteiger partial charge is 0.274 e. The summed E-state index contributed by atoms with van der Waals surface area (Å²) in [6.45, 7) is 1.52. The molecular formula is C27H28N6O2S. The molecule has 0 spiro atoms.